The Morgan fingerprint density at radius 3 is 2.20 bits per heavy atom. The van der Waals surface area contributed by atoms with Gasteiger partial charge in [0.15, 0.2) is 0 Å². The van der Waals surface area contributed by atoms with Gasteiger partial charge in [-0.15, -0.1) is 0 Å². The topological polar surface area (TPSA) is 6.48 Å². The third kappa shape index (κ3) is 2.51. The van der Waals surface area contributed by atoms with Crippen molar-refractivity contribution >= 4 is 56.2 Å². The molecule has 0 unspecified atom stereocenters. The first kappa shape index (κ1) is 22.9. The van der Waals surface area contributed by atoms with Crippen LogP contribution in [0.5, 0.6) is 0 Å². The van der Waals surface area contributed by atoms with Gasteiger partial charge < -0.3 is 9.71 Å². The van der Waals surface area contributed by atoms with Crippen molar-refractivity contribution in [2.75, 3.05) is 22.2 Å². The smallest absolute Gasteiger partial charge is 0.333 e. The number of anilines is 5. The molecular weight excluding hydrogens is 503 g/mol. The van der Waals surface area contributed by atoms with Crippen molar-refractivity contribution in [3.63, 3.8) is 0 Å². The zero-order valence-corrected chi connectivity index (χ0v) is 24.4. The van der Waals surface area contributed by atoms with Gasteiger partial charge in [0, 0.05) is 43.5 Å². The molecule has 0 spiro atoms. The Labute approximate surface area is 238 Å². The minimum atomic E-state index is -1.17. The molecule has 2 nitrogen and oxygen atoms in total. The van der Waals surface area contributed by atoms with Crippen LogP contribution in [-0.4, -0.2) is 19.4 Å². The van der Waals surface area contributed by atoms with Gasteiger partial charge in [0.05, 0.1) is 5.69 Å². The lowest BCUT2D eigenvalue weighted by Crippen LogP contribution is -2.63. The molecule has 0 aromatic heterocycles. The molecule has 0 atom stereocenters. The molecule has 0 amide bonds. The van der Waals surface area contributed by atoms with E-state index in [0.717, 1.165) is 0 Å². The molecule has 0 radical (unpaired) electrons. The van der Waals surface area contributed by atoms with Crippen LogP contribution in [0.15, 0.2) is 107 Å². The second-order valence-corrected chi connectivity index (χ2v) is 16.2. The lowest BCUT2D eigenvalue weighted by molar-refractivity contribution is 0.632. The summed E-state index contributed by atoms with van der Waals surface area (Å²) < 4.78 is 0. The Morgan fingerprint density at radius 1 is 0.650 bits per heavy atom. The maximum absolute atomic E-state index is 2.71. The van der Waals surface area contributed by atoms with Gasteiger partial charge >= 0.3 is 6.85 Å². The fourth-order valence-electron chi connectivity index (χ4n) is 8.14. The van der Waals surface area contributed by atoms with Gasteiger partial charge in [0.25, 0.3) is 0 Å². The summed E-state index contributed by atoms with van der Waals surface area (Å²) in [4.78, 5) is 8.28. The van der Waals surface area contributed by atoms with Crippen LogP contribution in [0, 0.1) is 6.92 Å². The molecule has 4 heteroatoms. The summed E-state index contributed by atoms with van der Waals surface area (Å²) in [5.74, 6) is 0. The first-order valence-corrected chi connectivity index (χ1v) is 16.7. The Kier molecular flexibility index (Phi) is 4.14. The summed E-state index contributed by atoms with van der Waals surface area (Å²) in [6, 6.07) is 37.2. The van der Waals surface area contributed by atoms with E-state index < -0.39 is 10.0 Å². The molecule has 5 aromatic carbocycles. The average molecular weight is 535 g/mol. The maximum Gasteiger partial charge on any atom is 0.333 e. The predicted octanol–water partition coefficient (Wildman–Crippen LogP) is 8.14. The number of fused-ring (bicyclic) bond motifs is 8. The zero-order chi connectivity index (χ0) is 27.1. The predicted molar refractivity (Wildman–Crippen MR) is 173 cm³/mol. The molecule has 0 fully saturated rings. The van der Waals surface area contributed by atoms with E-state index in [1.54, 1.807) is 0 Å². The van der Waals surface area contributed by atoms with Crippen molar-refractivity contribution in [2.45, 2.75) is 36.0 Å². The minimum absolute atomic E-state index is 0.0910. The molecule has 0 aliphatic carbocycles. The lowest BCUT2D eigenvalue weighted by atomic mass is 9.42. The summed E-state index contributed by atoms with van der Waals surface area (Å²) in [7, 11) is -1.17. The molecule has 0 saturated carbocycles. The Morgan fingerprint density at radius 2 is 1.35 bits per heavy atom. The van der Waals surface area contributed by atoms with E-state index in [1.807, 2.05) is 0 Å². The van der Waals surface area contributed by atoms with Crippen LogP contribution in [0.2, 0.25) is 0 Å². The van der Waals surface area contributed by atoms with Crippen LogP contribution < -0.4 is 20.6 Å². The third-order valence-electron chi connectivity index (χ3n) is 9.91. The largest absolute Gasteiger partial charge is 0.375 e. The van der Waals surface area contributed by atoms with E-state index >= 15 is 0 Å². The number of hydrogen-bond donors (Lipinski definition) is 0. The van der Waals surface area contributed by atoms with Gasteiger partial charge in [0.1, 0.15) is 0 Å². The fourth-order valence-corrected chi connectivity index (χ4v) is 10.6. The highest BCUT2D eigenvalue weighted by molar-refractivity contribution is 8.33. The van der Waals surface area contributed by atoms with E-state index in [0.29, 0.717) is 0 Å². The summed E-state index contributed by atoms with van der Waals surface area (Å²) in [6.07, 6.45) is 4.95. The molecule has 4 aliphatic heterocycles. The zero-order valence-electron chi connectivity index (χ0n) is 23.6. The third-order valence-corrected chi connectivity index (χ3v) is 12.8. The fraction of sp³-hybridized carbons (Fsp3) is 0.167. The molecule has 9 rings (SSSR count). The molecule has 0 N–H and O–H groups in total. The van der Waals surface area contributed by atoms with Crippen LogP contribution in [0.4, 0.5) is 28.4 Å². The van der Waals surface area contributed by atoms with E-state index in [9.17, 15) is 0 Å². The maximum atomic E-state index is 2.71. The van der Waals surface area contributed by atoms with Gasteiger partial charge in [-0.1, -0.05) is 80.6 Å². The Balaban J connectivity index is 1.48. The highest BCUT2D eigenvalue weighted by Crippen LogP contribution is 2.69. The van der Waals surface area contributed by atoms with Crippen LogP contribution in [0.3, 0.4) is 0 Å². The van der Waals surface area contributed by atoms with Crippen molar-refractivity contribution in [1.29, 1.82) is 0 Å². The van der Waals surface area contributed by atoms with Gasteiger partial charge in [-0.25, -0.2) is 0 Å². The highest BCUT2D eigenvalue weighted by atomic mass is 32.3. The minimum Gasteiger partial charge on any atom is -0.375 e. The van der Waals surface area contributed by atoms with Crippen molar-refractivity contribution < 1.29 is 0 Å². The second kappa shape index (κ2) is 7.24. The first-order chi connectivity index (χ1) is 19.3. The molecule has 0 bridgehead atoms. The normalized spacial score (nSPS) is 18.2. The molecule has 40 heavy (non-hydrogen) atoms. The van der Waals surface area contributed by atoms with E-state index in [1.165, 1.54) is 77.0 Å². The SMILES string of the molecule is Cc1cc2c3c(c1)N1c4ccccc4C(C)(C)c4cccc(c41)B3N1c3ccccc3S(C)(C)c3cccc-2c31. The number of nitrogens with zero attached hydrogens (tertiary/aromatic N) is 2. The first-order valence-electron chi connectivity index (χ1n) is 14.2. The molecule has 4 heterocycles. The van der Waals surface area contributed by atoms with Crippen molar-refractivity contribution in [3.05, 3.63) is 114 Å². The van der Waals surface area contributed by atoms with Crippen molar-refractivity contribution in [1.82, 2.24) is 0 Å². The average Bonchev–Trinajstić information content (AvgIpc) is 2.95. The highest BCUT2D eigenvalue weighted by Gasteiger charge is 2.51. The molecule has 4 aliphatic rings. The second-order valence-electron chi connectivity index (χ2n) is 12.7. The summed E-state index contributed by atoms with van der Waals surface area (Å²) in [5, 5.41) is 0. The quantitative estimate of drug-likeness (QED) is 0.185. The molecule has 5 aromatic rings. The number of hydrogen-bond acceptors (Lipinski definition) is 2. The van der Waals surface area contributed by atoms with Gasteiger partial charge in [-0.2, -0.15) is 10.0 Å². The Bertz CT molecular complexity index is 1960. The van der Waals surface area contributed by atoms with Crippen LogP contribution in [0.1, 0.15) is 30.5 Å². The van der Waals surface area contributed by atoms with Gasteiger partial charge in [-0.05, 0) is 82.9 Å². The summed E-state index contributed by atoms with van der Waals surface area (Å²) in [5.41, 5.74) is 16.4. The molecular formula is C36H31BN2S. The van der Waals surface area contributed by atoms with Gasteiger partial charge in [0.2, 0.25) is 0 Å². The van der Waals surface area contributed by atoms with E-state index in [2.05, 4.69) is 140 Å². The number of rotatable bonds is 0. The summed E-state index contributed by atoms with van der Waals surface area (Å²) >= 11 is 0. The van der Waals surface area contributed by atoms with E-state index in [-0.39, 0.29) is 12.3 Å². The Hall–Kier alpha value is -3.89. The molecule has 194 valence electrons. The van der Waals surface area contributed by atoms with Crippen LogP contribution >= 0.6 is 10.0 Å². The lowest BCUT2D eigenvalue weighted by Gasteiger charge is -2.54. The standard InChI is InChI=1S/C36H31BN2S/c1-22-20-24-23-12-10-19-32-34(23)39(29-17-8-9-18-31(29)40(32,4)5)37-27-15-11-14-26-35(27)38(30(21-22)33(24)37)28-16-7-6-13-25(28)36(26,2)3/h6-21H,1-5H3. The van der Waals surface area contributed by atoms with Crippen LogP contribution in [0.25, 0.3) is 11.1 Å². The molecule has 0 saturated heterocycles. The van der Waals surface area contributed by atoms with Crippen molar-refractivity contribution in [2.24, 2.45) is 0 Å². The van der Waals surface area contributed by atoms with E-state index in [4.69, 9.17) is 0 Å². The number of para-hydroxylation sites is 4. The van der Waals surface area contributed by atoms with Crippen LogP contribution in [-0.2, 0) is 5.41 Å². The summed E-state index contributed by atoms with van der Waals surface area (Å²) in [6.45, 7) is 7.17. The van der Waals surface area contributed by atoms with Gasteiger partial charge in [-0.3, -0.25) is 0 Å². The monoisotopic (exact) mass is 534 g/mol. The number of benzene rings is 5. The number of aryl methyl sites for hydroxylation is 1. The van der Waals surface area contributed by atoms with Crippen molar-refractivity contribution in [3.8, 4) is 11.1 Å².